The van der Waals surface area contributed by atoms with Crippen LogP contribution in [0.15, 0.2) is 0 Å². The highest BCUT2D eigenvalue weighted by Gasteiger charge is 2.28. The molecule has 1 saturated heterocycles. The number of piperidine rings is 1. The number of nitrogens with one attached hydrogen (secondary N) is 2. The predicted octanol–water partition coefficient (Wildman–Crippen LogP) is 1.43. The molecule has 0 bridgehead atoms. The molecule has 2 N–H and O–H groups in total. The zero-order valence-corrected chi connectivity index (χ0v) is 14.2. The van der Waals surface area contributed by atoms with Crippen molar-refractivity contribution in [1.82, 2.24) is 14.3 Å². The van der Waals surface area contributed by atoms with Gasteiger partial charge in [-0.05, 0) is 43.7 Å². The lowest BCUT2D eigenvalue weighted by Crippen LogP contribution is -2.48. The van der Waals surface area contributed by atoms with Gasteiger partial charge in [-0.2, -0.15) is 12.7 Å². The summed E-state index contributed by atoms with van der Waals surface area (Å²) >= 11 is 0. The van der Waals surface area contributed by atoms with Crippen molar-refractivity contribution >= 4 is 10.2 Å². The molecule has 0 amide bonds. The second-order valence-electron chi connectivity index (χ2n) is 6.25. The Morgan fingerprint density at radius 1 is 1.30 bits per heavy atom. The molecule has 0 spiro atoms. The molecule has 6 heteroatoms. The van der Waals surface area contributed by atoms with E-state index in [9.17, 15) is 8.42 Å². The van der Waals surface area contributed by atoms with Gasteiger partial charge >= 0.3 is 0 Å². The van der Waals surface area contributed by atoms with Crippen molar-refractivity contribution in [2.45, 2.75) is 40.5 Å². The first-order valence-electron chi connectivity index (χ1n) is 7.82. The topological polar surface area (TPSA) is 61.4 Å². The average Bonchev–Trinajstić information content (AvgIpc) is 2.42. The minimum Gasteiger partial charge on any atom is -0.317 e. The van der Waals surface area contributed by atoms with Crippen molar-refractivity contribution in [2.24, 2.45) is 17.8 Å². The van der Waals surface area contributed by atoms with Gasteiger partial charge in [0, 0.05) is 19.6 Å². The Balaban J connectivity index is 2.49. The molecule has 1 aliphatic rings. The van der Waals surface area contributed by atoms with Gasteiger partial charge in [-0.25, -0.2) is 4.72 Å². The molecule has 0 radical (unpaired) electrons. The van der Waals surface area contributed by atoms with Gasteiger partial charge < -0.3 is 5.32 Å². The van der Waals surface area contributed by atoms with E-state index in [1.165, 1.54) is 0 Å². The largest absolute Gasteiger partial charge is 0.317 e. The van der Waals surface area contributed by atoms with Gasteiger partial charge in [0.2, 0.25) is 0 Å². The number of hydrogen-bond acceptors (Lipinski definition) is 3. The van der Waals surface area contributed by atoms with Gasteiger partial charge in [0.1, 0.15) is 0 Å². The minimum absolute atomic E-state index is 0.354. The predicted molar refractivity (Wildman–Crippen MR) is 83.8 cm³/mol. The van der Waals surface area contributed by atoms with Gasteiger partial charge in [-0.1, -0.05) is 27.7 Å². The lowest BCUT2D eigenvalue weighted by molar-refractivity contribution is 0.257. The van der Waals surface area contributed by atoms with Crippen molar-refractivity contribution in [3.8, 4) is 0 Å². The van der Waals surface area contributed by atoms with Crippen molar-refractivity contribution in [3.63, 3.8) is 0 Å². The minimum atomic E-state index is -3.31. The summed E-state index contributed by atoms with van der Waals surface area (Å²) in [5.74, 6) is 1.27. The Morgan fingerprint density at radius 2 is 2.00 bits per heavy atom. The molecule has 1 rings (SSSR count). The summed E-state index contributed by atoms with van der Waals surface area (Å²) in [6.07, 6.45) is 2.07. The number of hydrogen-bond donors (Lipinski definition) is 2. The number of rotatable bonds is 8. The van der Waals surface area contributed by atoms with Crippen LogP contribution in [0.25, 0.3) is 0 Å². The summed E-state index contributed by atoms with van der Waals surface area (Å²) in [7, 11) is -3.31. The van der Waals surface area contributed by atoms with Crippen molar-refractivity contribution in [1.29, 1.82) is 0 Å². The average molecular weight is 305 g/mol. The first-order valence-corrected chi connectivity index (χ1v) is 9.26. The van der Waals surface area contributed by atoms with E-state index in [-0.39, 0.29) is 0 Å². The van der Waals surface area contributed by atoms with E-state index in [0.29, 0.717) is 37.4 Å². The van der Waals surface area contributed by atoms with E-state index in [1.54, 1.807) is 4.31 Å². The lowest BCUT2D eigenvalue weighted by Gasteiger charge is -2.32. The number of nitrogens with zero attached hydrogens (tertiary/aromatic N) is 1. The fraction of sp³-hybridized carbons (Fsp3) is 1.00. The van der Waals surface area contributed by atoms with Crippen LogP contribution in [0.4, 0.5) is 0 Å². The van der Waals surface area contributed by atoms with E-state index >= 15 is 0 Å². The summed E-state index contributed by atoms with van der Waals surface area (Å²) in [6, 6.07) is 0. The Morgan fingerprint density at radius 3 is 2.60 bits per heavy atom. The molecule has 0 aliphatic carbocycles. The molecule has 2 unspecified atom stereocenters. The Hall–Kier alpha value is -0.170. The zero-order valence-electron chi connectivity index (χ0n) is 13.4. The molecule has 5 nitrogen and oxygen atoms in total. The van der Waals surface area contributed by atoms with Gasteiger partial charge in [-0.15, -0.1) is 0 Å². The molecule has 0 saturated carbocycles. The maximum Gasteiger partial charge on any atom is 0.279 e. The van der Waals surface area contributed by atoms with E-state index < -0.39 is 10.2 Å². The van der Waals surface area contributed by atoms with Gasteiger partial charge in [0.25, 0.3) is 10.2 Å². The standard InChI is InChI=1S/C14H31N3O2S/c1-5-15-10-14-7-6-8-17(11-14)20(18,19)16-9-13(4)12(2)3/h12-16H,5-11H2,1-4H3. The van der Waals surface area contributed by atoms with Crippen LogP contribution in [-0.2, 0) is 10.2 Å². The highest BCUT2D eigenvalue weighted by Crippen LogP contribution is 2.18. The highest BCUT2D eigenvalue weighted by molar-refractivity contribution is 7.87. The molecule has 0 aromatic heterocycles. The normalized spacial score (nSPS) is 23.1. The van der Waals surface area contributed by atoms with Gasteiger partial charge in [0.15, 0.2) is 0 Å². The van der Waals surface area contributed by atoms with Crippen LogP contribution in [0.2, 0.25) is 0 Å². The van der Waals surface area contributed by atoms with Crippen molar-refractivity contribution < 1.29 is 8.42 Å². The monoisotopic (exact) mass is 305 g/mol. The zero-order chi connectivity index (χ0) is 15.2. The molecule has 1 heterocycles. The maximum atomic E-state index is 12.3. The summed E-state index contributed by atoms with van der Waals surface area (Å²) in [6.45, 7) is 12.0. The maximum absolute atomic E-state index is 12.3. The molecule has 120 valence electrons. The van der Waals surface area contributed by atoms with E-state index in [0.717, 1.165) is 25.9 Å². The summed E-state index contributed by atoms with van der Waals surface area (Å²) in [4.78, 5) is 0. The molecule has 1 aliphatic heterocycles. The van der Waals surface area contributed by atoms with E-state index in [1.807, 2.05) is 0 Å². The van der Waals surface area contributed by atoms with Crippen molar-refractivity contribution in [2.75, 3.05) is 32.7 Å². The third-order valence-electron chi connectivity index (χ3n) is 4.23. The van der Waals surface area contributed by atoms with Gasteiger partial charge in [0.05, 0.1) is 0 Å². The first kappa shape index (κ1) is 17.9. The molecular weight excluding hydrogens is 274 g/mol. The van der Waals surface area contributed by atoms with Crippen LogP contribution in [0.5, 0.6) is 0 Å². The summed E-state index contributed by atoms with van der Waals surface area (Å²) in [5.41, 5.74) is 0. The van der Waals surface area contributed by atoms with Crippen LogP contribution in [-0.4, -0.2) is 45.4 Å². The molecule has 20 heavy (non-hydrogen) atoms. The Labute approximate surface area is 124 Å². The van der Waals surface area contributed by atoms with Crippen LogP contribution in [0.3, 0.4) is 0 Å². The fourth-order valence-corrected chi connectivity index (χ4v) is 3.76. The summed E-state index contributed by atoms with van der Waals surface area (Å²) < 4.78 is 29.0. The molecule has 0 aromatic rings. The summed E-state index contributed by atoms with van der Waals surface area (Å²) in [5, 5.41) is 3.31. The second kappa shape index (κ2) is 8.32. The fourth-order valence-electron chi connectivity index (χ4n) is 2.32. The quantitative estimate of drug-likeness (QED) is 0.713. The van der Waals surface area contributed by atoms with Crippen LogP contribution >= 0.6 is 0 Å². The lowest BCUT2D eigenvalue weighted by atomic mass is 9.99. The van der Waals surface area contributed by atoms with Crippen LogP contribution in [0, 0.1) is 17.8 Å². The Bertz CT molecular complexity index is 371. The highest BCUT2D eigenvalue weighted by atomic mass is 32.2. The van der Waals surface area contributed by atoms with E-state index in [4.69, 9.17) is 0 Å². The third kappa shape index (κ3) is 5.68. The molecule has 2 atom stereocenters. The van der Waals surface area contributed by atoms with Crippen molar-refractivity contribution in [3.05, 3.63) is 0 Å². The second-order valence-corrected chi connectivity index (χ2v) is 8.00. The van der Waals surface area contributed by atoms with Gasteiger partial charge in [-0.3, -0.25) is 0 Å². The molecule has 1 fully saturated rings. The third-order valence-corrected chi connectivity index (χ3v) is 5.77. The van der Waals surface area contributed by atoms with Crippen LogP contribution in [0.1, 0.15) is 40.5 Å². The van der Waals surface area contributed by atoms with E-state index in [2.05, 4.69) is 37.7 Å². The van der Waals surface area contributed by atoms with Crippen LogP contribution < -0.4 is 10.0 Å². The SMILES string of the molecule is CCNCC1CCCN(S(=O)(=O)NCC(C)C(C)C)C1. The molecular formula is C14H31N3O2S. The Kier molecular flexibility index (Phi) is 7.43. The first-order chi connectivity index (χ1) is 9.36. The molecule has 0 aromatic carbocycles. The smallest absolute Gasteiger partial charge is 0.279 e.